The van der Waals surface area contributed by atoms with Gasteiger partial charge in [0.1, 0.15) is 5.75 Å². The average Bonchev–Trinajstić information content (AvgIpc) is 2.52. The predicted molar refractivity (Wildman–Crippen MR) is 110 cm³/mol. The summed E-state index contributed by atoms with van der Waals surface area (Å²) in [4.78, 5) is 2.59. The molecule has 0 unspecified atom stereocenters. The van der Waals surface area contributed by atoms with Gasteiger partial charge in [-0.25, -0.2) is 0 Å². The molecule has 0 bridgehead atoms. The third-order valence-electron chi connectivity index (χ3n) is 4.37. The maximum absolute atomic E-state index is 5.65. The van der Waals surface area contributed by atoms with Crippen LogP contribution in [0.1, 0.15) is 40.5 Å². The molecule has 0 aliphatic carbocycles. The first-order valence-electron chi connectivity index (χ1n) is 9.46. The van der Waals surface area contributed by atoms with Crippen LogP contribution in [0.5, 0.6) is 5.75 Å². The first-order chi connectivity index (χ1) is 11.9. The summed E-state index contributed by atoms with van der Waals surface area (Å²) < 4.78 is 5.65. The third-order valence-corrected chi connectivity index (χ3v) is 4.61. The third kappa shape index (κ3) is 7.61. The lowest BCUT2D eigenvalue weighted by atomic mass is 9.92. The fourth-order valence-corrected chi connectivity index (χ4v) is 3.76. The van der Waals surface area contributed by atoms with Crippen LogP contribution in [0, 0.1) is 11.8 Å². The normalized spacial score (nSPS) is 21.2. The Labute approximate surface area is 158 Å². The molecule has 1 fully saturated rings. The van der Waals surface area contributed by atoms with Crippen LogP contribution in [0.4, 0.5) is 5.69 Å². The summed E-state index contributed by atoms with van der Waals surface area (Å²) in [6.07, 6.45) is 2.67. The van der Waals surface area contributed by atoms with Gasteiger partial charge in [0.15, 0.2) is 5.11 Å². The molecule has 0 aromatic heterocycles. The molecule has 1 heterocycles. The second-order valence-corrected chi connectivity index (χ2v) is 8.04. The summed E-state index contributed by atoms with van der Waals surface area (Å²) >= 11 is 5.38. The zero-order chi connectivity index (χ0) is 18.2. The van der Waals surface area contributed by atoms with E-state index in [1.165, 1.54) is 19.5 Å². The summed E-state index contributed by atoms with van der Waals surface area (Å²) in [6, 6.07) is 7.90. The van der Waals surface area contributed by atoms with Gasteiger partial charge in [-0.3, -0.25) is 0 Å². The van der Waals surface area contributed by atoms with Gasteiger partial charge in [0.25, 0.3) is 0 Å². The van der Waals surface area contributed by atoms with Crippen molar-refractivity contribution in [3.63, 3.8) is 0 Å². The van der Waals surface area contributed by atoms with E-state index in [9.17, 15) is 0 Å². The lowest BCUT2D eigenvalue weighted by Crippen LogP contribution is -2.40. The van der Waals surface area contributed by atoms with Crippen LogP contribution in [0.3, 0.4) is 0 Å². The molecule has 1 aromatic rings. The van der Waals surface area contributed by atoms with Crippen LogP contribution >= 0.6 is 12.2 Å². The van der Waals surface area contributed by atoms with E-state index in [1.54, 1.807) is 0 Å². The minimum absolute atomic E-state index is 0.187. The quantitative estimate of drug-likeness (QED) is 0.563. The molecule has 0 amide bonds. The Morgan fingerprint density at radius 3 is 2.44 bits per heavy atom. The van der Waals surface area contributed by atoms with Gasteiger partial charge in [-0.2, -0.15) is 0 Å². The van der Waals surface area contributed by atoms with Gasteiger partial charge in [0.05, 0.1) is 6.10 Å². The van der Waals surface area contributed by atoms with Crippen molar-refractivity contribution in [3.8, 4) is 5.75 Å². The molecule has 0 radical (unpaired) electrons. The highest BCUT2D eigenvalue weighted by Crippen LogP contribution is 2.20. The molecule has 4 nitrogen and oxygen atoms in total. The molecule has 140 valence electrons. The van der Waals surface area contributed by atoms with E-state index in [1.807, 2.05) is 38.1 Å². The smallest absolute Gasteiger partial charge is 0.170 e. The highest BCUT2D eigenvalue weighted by Gasteiger charge is 2.20. The Hall–Kier alpha value is -1.33. The molecular formula is C20H33N3OS. The Kier molecular flexibility index (Phi) is 7.97. The van der Waals surface area contributed by atoms with Crippen LogP contribution in [0.2, 0.25) is 0 Å². The number of hydrogen-bond donors (Lipinski definition) is 2. The zero-order valence-electron chi connectivity index (χ0n) is 16.0. The van der Waals surface area contributed by atoms with Crippen LogP contribution < -0.4 is 15.4 Å². The van der Waals surface area contributed by atoms with Crippen molar-refractivity contribution in [2.45, 2.75) is 46.6 Å². The molecule has 2 rings (SSSR count). The van der Waals surface area contributed by atoms with Crippen LogP contribution in [-0.2, 0) is 0 Å². The summed E-state index contributed by atoms with van der Waals surface area (Å²) in [7, 11) is 0. The summed E-state index contributed by atoms with van der Waals surface area (Å²) in [6.45, 7) is 13.3. The van der Waals surface area contributed by atoms with Crippen molar-refractivity contribution >= 4 is 23.0 Å². The number of benzene rings is 1. The van der Waals surface area contributed by atoms with Crippen molar-refractivity contribution in [2.24, 2.45) is 11.8 Å². The Morgan fingerprint density at radius 2 is 1.84 bits per heavy atom. The molecule has 1 aliphatic rings. The standard InChI is InChI=1S/C20H33N3OS/c1-15(2)24-19-8-6-18(7-9-19)22-20(25)21-10-5-11-23-13-16(3)12-17(4)14-23/h6-9,15-17H,5,10-14H2,1-4H3,(H2,21,22,25)/t16-,17-/m0/s1. The number of piperidine rings is 1. The Bertz CT molecular complexity index is 522. The lowest BCUT2D eigenvalue weighted by Gasteiger charge is -2.34. The minimum Gasteiger partial charge on any atom is -0.491 e. The topological polar surface area (TPSA) is 36.5 Å². The number of anilines is 1. The first-order valence-corrected chi connectivity index (χ1v) is 9.87. The van der Waals surface area contributed by atoms with E-state index in [-0.39, 0.29) is 6.10 Å². The molecule has 1 saturated heterocycles. The number of ether oxygens (including phenoxy) is 1. The zero-order valence-corrected chi connectivity index (χ0v) is 16.9. The van der Waals surface area contributed by atoms with E-state index in [0.29, 0.717) is 5.11 Å². The average molecular weight is 364 g/mol. The Balaban J connectivity index is 1.63. The van der Waals surface area contributed by atoms with Gasteiger partial charge in [-0.15, -0.1) is 0 Å². The van der Waals surface area contributed by atoms with E-state index >= 15 is 0 Å². The number of hydrogen-bond acceptors (Lipinski definition) is 3. The maximum Gasteiger partial charge on any atom is 0.170 e. The summed E-state index contributed by atoms with van der Waals surface area (Å²) in [5.41, 5.74) is 0.979. The van der Waals surface area contributed by atoms with Crippen LogP contribution in [0.25, 0.3) is 0 Å². The monoisotopic (exact) mass is 363 g/mol. The first kappa shape index (κ1) is 20.0. The molecule has 0 saturated carbocycles. The number of nitrogens with zero attached hydrogens (tertiary/aromatic N) is 1. The molecule has 1 aromatic carbocycles. The van der Waals surface area contributed by atoms with Gasteiger partial charge in [-0.1, -0.05) is 13.8 Å². The highest BCUT2D eigenvalue weighted by atomic mass is 32.1. The number of rotatable bonds is 7. The summed E-state index contributed by atoms with van der Waals surface area (Å²) in [5, 5.41) is 7.21. The molecule has 1 aliphatic heterocycles. The van der Waals surface area contributed by atoms with Crippen LogP contribution in [0.15, 0.2) is 24.3 Å². The highest BCUT2D eigenvalue weighted by molar-refractivity contribution is 7.80. The van der Waals surface area contributed by atoms with Gasteiger partial charge >= 0.3 is 0 Å². The van der Waals surface area contributed by atoms with Gasteiger partial charge in [0, 0.05) is 25.3 Å². The number of likely N-dealkylation sites (tertiary alicyclic amines) is 1. The molecule has 0 spiro atoms. The SMILES string of the molecule is CC(C)Oc1ccc(NC(=S)NCCCN2C[C@@H](C)C[C@H](C)C2)cc1. The second kappa shape index (κ2) is 9.97. The predicted octanol–water partition coefficient (Wildman–Crippen LogP) is 4.13. The number of thiocarbonyl (C=S) groups is 1. The van der Waals surface area contributed by atoms with Gasteiger partial charge in [0.2, 0.25) is 0 Å². The molecular weight excluding hydrogens is 330 g/mol. The summed E-state index contributed by atoms with van der Waals surface area (Å²) in [5.74, 6) is 2.52. The molecule has 5 heteroatoms. The lowest BCUT2D eigenvalue weighted by molar-refractivity contribution is 0.140. The Morgan fingerprint density at radius 1 is 1.20 bits per heavy atom. The van der Waals surface area contributed by atoms with Crippen molar-refractivity contribution in [1.29, 1.82) is 0 Å². The van der Waals surface area contributed by atoms with E-state index < -0.39 is 0 Å². The van der Waals surface area contributed by atoms with E-state index in [2.05, 4.69) is 29.4 Å². The largest absolute Gasteiger partial charge is 0.491 e. The van der Waals surface area contributed by atoms with Gasteiger partial charge in [-0.05, 0) is 81.6 Å². The van der Waals surface area contributed by atoms with Crippen LogP contribution in [-0.4, -0.2) is 42.3 Å². The van der Waals surface area contributed by atoms with Crippen molar-refractivity contribution < 1.29 is 4.74 Å². The molecule has 25 heavy (non-hydrogen) atoms. The number of nitrogens with one attached hydrogen (secondary N) is 2. The fourth-order valence-electron chi connectivity index (χ4n) is 3.54. The maximum atomic E-state index is 5.65. The van der Waals surface area contributed by atoms with Crippen molar-refractivity contribution in [2.75, 3.05) is 31.5 Å². The van der Waals surface area contributed by atoms with Gasteiger partial charge < -0.3 is 20.3 Å². The fraction of sp³-hybridized carbons (Fsp3) is 0.650. The van der Waals surface area contributed by atoms with E-state index in [0.717, 1.165) is 42.8 Å². The van der Waals surface area contributed by atoms with Crippen molar-refractivity contribution in [3.05, 3.63) is 24.3 Å². The van der Waals surface area contributed by atoms with Crippen molar-refractivity contribution in [1.82, 2.24) is 10.2 Å². The molecule has 2 atom stereocenters. The second-order valence-electron chi connectivity index (χ2n) is 7.63. The van der Waals surface area contributed by atoms with E-state index in [4.69, 9.17) is 17.0 Å². The molecule has 2 N–H and O–H groups in total. The minimum atomic E-state index is 0.187.